The lowest BCUT2D eigenvalue weighted by molar-refractivity contribution is 0.107. The van der Waals surface area contributed by atoms with E-state index < -0.39 is 9.53 Å². The minimum absolute atomic E-state index is 0.189. The summed E-state index contributed by atoms with van der Waals surface area (Å²) in [6.07, 6.45) is 4.72. The van der Waals surface area contributed by atoms with Crippen LogP contribution in [-0.4, -0.2) is 58.4 Å². The van der Waals surface area contributed by atoms with Crippen molar-refractivity contribution in [2.45, 2.75) is 60.3 Å². The predicted octanol–water partition coefficient (Wildman–Crippen LogP) is 2.97. The molecule has 0 N–H and O–H groups in total. The van der Waals surface area contributed by atoms with Crippen molar-refractivity contribution in [1.29, 1.82) is 0 Å². The van der Waals surface area contributed by atoms with Crippen LogP contribution in [0, 0.1) is 0 Å². The van der Waals surface area contributed by atoms with E-state index in [9.17, 15) is 0 Å². The van der Waals surface area contributed by atoms with E-state index in [1.54, 1.807) is 0 Å². The molecule has 0 aliphatic heterocycles. The van der Waals surface area contributed by atoms with Gasteiger partial charge >= 0.3 is 25.4 Å². The topological polar surface area (TPSA) is 46.2 Å². The van der Waals surface area contributed by atoms with Gasteiger partial charge in [-0.3, -0.25) is 0 Å². The molecule has 0 unspecified atom stereocenters. The summed E-state index contributed by atoms with van der Waals surface area (Å²) < 4.78 is 26.2. The van der Waals surface area contributed by atoms with Gasteiger partial charge in [-0.15, -0.1) is 0 Å². The summed E-state index contributed by atoms with van der Waals surface area (Å²) in [5, 5.41) is 0. The van der Waals surface area contributed by atoms with E-state index in [1.165, 1.54) is 12.8 Å². The van der Waals surface area contributed by atoms with E-state index in [1.807, 2.05) is 20.8 Å². The second-order valence-electron chi connectivity index (χ2n) is 4.20. The predicted molar refractivity (Wildman–Crippen MR) is 89.5 cm³/mol. The van der Waals surface area contributed by atoms with E-state index in [0.29, 0.717) is 19.8 Å². The van der Waals surface area contributed by atoms with Crippen molar-refractivity contribution in [1.82, 2.24) is 0 Å². The second kappa shape index (κ2) is 22.8. The van der Waals surface area contributed by atoms with Crippen molar-refractivity contribution in [3.63, 3.8) is 0 Å². The minimum atomic E-state index is -1.73. The summed E-state index contributed by atoms with van der Waals surface area (Å²) in [5.74, 6) is 0. The third-order valence-corrected chi connectivity index (χ3v) is 4.84. The standard InChI is InChI=1S/C6H16O3Si.2C4H9O.Al/c1-4-7-10(8-5-2)9-6-3;2*1-2-3-4-5;/h10H,4-6H2,1-3H3;2*2-4H2,1H3;/q;2*-1;+2. The van der Waals surface area contributed by atoms with Gasteiger partial charge < -0.3 is 20.9 Å². The summed E-state index contributed by atoms with van der Waals surface area (Å²) in [5.41, 5.74) is 0. The van der Waals surface area contributed by atoms with Crippen LogP contribution in [0.4, 0.5) is 0 Å². The van der Waals surface area contributed by atoms with E-state index in [4.69, 9.17) is 20.9 Å². The van der Waals surface area contributed by atoms with E-state index in [-0.39, 0.29) is 15.9 Å². The summed E-state index contributed by atoms with van der Waals surface area (Å²) in [6.45, 7) is 13.9. The first-order valence-electron chi connectivity index (χ1n) is 8.16. The van der Waals surface area contributed by atoms with Crippen molar-refractivity contribution in [2.24, 2.45) is 0 Å². The fraction of sp³-hybridized carbons (Fsp3) is 1.00. The normalized spacial score (nSPS) is 10.4. The molecule has 0 aliphatic rings. The smallest absolute Gasteiger partial charge is 0.484 e. The van der Waals surface area contributed by atoms with Gasteiger partial charge in [0.2, 0.25) is 0 Å². The van der Waals surface area contributed by atoms with Crippen LogP contribution in [0.15, 0.2) is 0 Å². The van der Waals surface area contributed by atoms with Crippen LogP contribution in [0.2, 0.25) is 0 Å². The first-order valence-corrected chi connectivity index (χ1v) is 10.5. The van der Waals surface area contributed by atoms with Crippen LogP contribution in [0.1, 0.15) is 60.3 Å². The number of hydrogen-bond acceptors (Lipinski definition) is 5. The monoisotopic (exact) mass is 337 g/mol. The number of rotatable bonds is 14. The average molecular weight is 337 g/mol. The maximum atomic E-state index is 5.28. The van der Waals surface area contributed by atoms with Crippen LogP contribution < -0.4 is 0 Å². The Bertz CT molecular complexity index is 155. The molecular weight excluding hydrogens is 303 g/mol. The van der Waals surface area contributed by atoms with Gasteiger partial charge in [-0.25, -0.2) is 0 Å². The van der Waals surface area contributed by atoms with Crippen molar-refractivity contribution >= 4 is 25.4 Å². The van der Waals surface area contributed by atoms with E-state index in [2.05, 4.69) is 13.8 Å². The van der Waals surface area contributed by atoms with Crippen molar-refractivity contribution in [3.8, 4) is 0 Å². The molecule has 0 saturated carbocycles. The zero-order valence-electron chi connectivity index (χ0n) is 14.6. The Hall–Kier alpha value is 0.549. The zero-order chi connectivity index (χ0) is 16.2. The average Bonchev–Trinajstić information content (AvgIpc) is 2.48. The molecule has 0 saturated heterocycles. The molecule has 7 heteroatoms. The third-order valence-electron chi connectivity index (χ3n) is 2.28. The first kappa shape index (κ1) is 23.8. The molecule has 0 aromatic heterocycles. The highest BCUT2D eigenvalue weighted by atomic mass is 28.3. The number of unbranched alkanes of at least 4 members (excludes halogenated alkanes) is 2. The highest BCUT2D eigenvalue weighted by Gasteiger charge is 2.11. The second-order valence-corrected chi connectivity index (χ2v) is 6.64. The lowest BCUT2D eigenvalue weighted by Crippen LogP contribution is -2.27. The lowest BCUT2D eigenvalue weighted by atomic mass is 10.4. The van der Waals surface area contributed by atoms with Gasteiger partial charge in [0.25, 0.3) is 0 Å². The van der Waals surface area contributed by atoms with Crippen molar-refractivity contribution < 1.29 is 20.9 Å². The largest absolute Gasteiger partial charge is 0.668 e. The maximum Gasteiger partial charge on any atom is 0.668 e. The fourth-order valence-electron chi connectivity index (χ4n) is 1.15. The first-order chi connectivity index (χ1) is 10.3. The Morgan fingerprint density at radius 2 is 1.05 bits per heavy atom. The molecule has 1 radical (unpaired) electrons. The zero-order valence-corrected chi connectivity index (χ0v) is 16.9. The molecule has 0 heterocycles. The maximum absolute atomic E-state index is 5.28. The van der Waals surface area contributed by atoms with Crippen molar-refractivity contribution in [3.05, 3.63) is 0 Å². The number of hydrogen-bond donors (Lipinski definition) is 0. The summed E-state index contributed by atoms with van der Waals surface area (Å²) in [4.78, 5) is 0. The van der Waals surface area contributed by atoms with Gasteiger partial charge in [0.15, 0.2) is 0 Å². The molecule has 0 bridgehead atoms. The minimum Gasteiger partial charge on any atom is -0.484 e. The van der Waals surface area contributed by atoms with Gasteiger partial charge in [-0.2, -0.15) is 0 Å². The van der Waals surface area contributed by atoms with Crippen LogP contribution in [0.25, 0.3) is 0 Å². The molecule has 0 fully saturated rings. The van der Waals surface area contributed by atoms with Gasteiger partial charge in [0, 0.05) is 33.0 Å². The highest BCUT2D eigenvalue weighted by Crippen LogP contribution is 1.91. The molecule has 127 valence electrons. The van der Waals surface area contributed by atoms with E-state index in [0.717, 1.165) is 26.1 Å². The summed E-state index contributed by atoms with van der Waals surface area (Å²) in [6, 6.07) is 0. The van der Waals surface area contributed by atoms with Crippen LogP contribution in [0.3, 0.4) is 0 Å². The molecule has 0 aromatic rings. The molecule has 0 rings (SSSR count). The molecule has 0 amide bonds. The van der Waals surface area contributed by atoms with Crippen LogP contribution in [-0.2, 0) is 20.9 Å². The Labute approximate surface area is 140 Å². The van der Waals surface area contributed by atoms with Crippen LogP contribution >= 0.6 is 0 Å². The van der Waals surface area contributed by atoms with Gasteiger partial charge in [-0.1, -0.05) is 26.7 Å². The quantitative estimate of drug-likeness (QED) is 0.360. The summed E-state index contributed by atoms with van der Waals surface area (Å²) in [7, 11) is -1.73. The Morgan fingerprint density at radius 3 is 1.33 bits per heavy atom. The Balaban J connectivity index is 0. The molecule has 5 nitrogen and oxygen atoms in total. The molecular formula is C14H34AlO5Si. The lowest BCUT2D eigenvalue weighted by Gasteiger charge is -2.12. The molecule has 0 aromatic carbocycles. The van der Waals surface area contributed by atoms with Gasteiger partial charge in [-0.05, 0) is 33.6 Å². The Morgan fingerprint density at radius 1 is 0.667 bits per heavy atom. The SMILES string of the molecule is CCCC[O][Al][O]CCCC.CCO[SiH](OCC)OCC. The van der Waals surface area contributed by atoms with Gasteiger partial charge in [0.1, 0.15) is 0 Å². The van der Waals surface area contributed by atoms with Gasteiger partial charge in [0.05, 0.1) is 0 Å². The molecule has 0 atom stereocenters. The van der Waals surface area contributed by atoms with Crippen LogP contribution in [0.5, 0.6) is 0 Å². The fourth-order valence-corrected chi connectivity index (χ4v) is 2.88. The van der Waals surface area contributed by atoms with Crippen molar-refractivity contribution in [2.75, 3.05) is 33.0 Å². The molecule has 0 aliphatic carbocycles. The molecule has 0 spiro atoms. The highest BCUT2D eigenvalue weighted by molar-refractivity contribution is 6.36. The Kier molecular flexibility index (Phi) is 25.9. The molecule has 21 heavy (non-hydrogen) atoms. The van der Waals surface area contributed by atoms with E-state index >= 15 is 0 Å². The third kappa shape index (κ3) is 23.0. The summed E-state index contributed by atoms with van der Waals surface area (Å²) >= 11 is -0.189.